The fraction of sp³-hybridized carbons (Fsp3) is 0.222. The number of esters is 1. The molecule has 1 N–H and O–H groups in total. The van der Waals surface area contributed by atoms with Crippen molar-refractivity contribution >= 4 is 23.5 Å². The van der Waals surface area contributed by atoms with Gasteiger partial charge < -0.3 is 10.1 Å². The van der Waals surface area contributed by atoms with Gasteiger partial charge in [-0.15, -0.1) is 0 Å². The van der Waals surface area contributed by atoms with E-state index in [1.165, 1.54) is 11.1 Å². The zero-order chi connectivity index (χ0) is 16.8. The topological polar surface area (TPSA) is 55.4 Å². The second-order valence-corrected chi connectivity index (χ2v) is 5.71. The summed E-state index contributed by atoms with van der Waals surface area (Å²) in [5, 5.41) is 3.26. The Balaban J connectivity index is 1.79. The quantitative estimate of drug-likeness (QED) is 0.854. The van der Waals surface area contributed by atoms with Gasteiger partial charge >= 0.3 is 5.97 Å². The molecule has 0 radical (unpaired) electrons. The van der Waals surface area contributed by atoms with E-state index in [1.54, 1.807) is 24.3 Å². The van der Waals surface area contributed by atoms with Gasteiger partial charge in [0.2, 0.25) is 0 Å². The summed E-state index contributed by atoms with van der Waals surface area (Å²) in [4.78, 5) is 23.5. The number of carbonyl (C=O) groups is 2. The van der Waals surface area contributed by atoms with E-state index in [-0.39, 0.29) is 12.5 Å². The molecule has 2 aromatic rings. The molecule has 0 spiro atoms. The van der Waals surface area contributed by atoms with Crippen LogP contribution in [0.3, 0.4) is 0 Å². The van der Waals surface area contributed by atoms with Gasteiger partial charge in [-0.1, -0.05) is 29.8 Å². The van der Waals surface area contributed by atoms with E-state index >= 15 is 0 Å². The molecule has 0 aliphatic heterocycles. The zero-order valence-corrected chi connectivity index (χ0v) is 13.8. The third-order valence-corrected chi connectivity index (χ3v) is 3.73. The average Bonchev–Trinajstić information content (AvgIpc) is 2.54. The fourth-order valence-corrected chi connectivity index (χ4v) is 2.09. The molecule has 2 rings (SSSR count). The molecule has 4 nitrogen and oxygen atoms in total. The van der Waals surface area contributed by atoms with Gasteiger partial charge in [0, 0.05) is 11.6 Å². The minimum atomic E-state index is -0.553. The number of nitrogens with one attached hydrogen (secondary N) is 1. The van der Waals surface area contributed by atoms with Crippen LogP contribution in [0.4, 0.5) is 0 Å². The number of hydrogen-bond donors (Lipinski definition) is 1. The zero-order valence-electron chi connectivity index (χ0n) is 13.1. The van der Waals surface area contributed by atoms with Crippen LogP contribution in [-0.4, -0.2) is 18.5 Å². The first-order valence-corrected chi connectivity index (χ1v) is 7.59. The maximum atomic E-state index is 11.8. The molecular weight excluding hydrogens is 314 g/mol. The summed E-state index contributed by atoms with van der Waals surface area (Å²) in [7, 11) is 0. The third-order valence-electron chi connectivity index (χ3n) is 3.48. The smallest absolute Gasteiger partial charge is 0.338 e. The number of hydrogen-bond acceptors (Lipinski definition) is 3. The summed E-state index contributed by atoms with van der Waals surface area (Å²) in [5.41, 5.74) is 3.74. The summed E-state index contributed by atoms with van der Waals surface area (Å²) in [6.07, 6.45) is 0. The van der Waals surface area contributed by atoms with Gasteiger partial charge in [0.15, 0.2) is 6.61 Å². The molecule has 2 aromatic carbocycles. The Morgan fingerprint density at radius 1 is 1.04 bits per heavy atom. The first kappa shape index (κ1) is 17.0. The summed E-state index contributed by atoms with van der Waals surface area (Å²) in [6.45, 7) is 4.15. The normalized spacial score (nSPS) is 10.2. The third kappa shape index (κ3) is 5.11. The molecule has 0 unspecified atom stereocenters. The summed E-state index contributed by atoms with van der Waals surface area (Å²) in [6, 6.07) is 12.3. The van der Waals surface area contributed by atoms with E-state index in [1.807, 2.05) is 32.0 Å². The van der Waals surface area contributed by atoms with Crippen LogP contribution in [0.1, 0.15) is 27.0 Å². The van der Waals surface area contributed by atoms with Crippen molar-refractivity contribution in [3.63, 3.8) is 0 Å². The Morgan fingerprint density at radius 2 is 1.74 bits per heavy atom. The maximum absolute atomic E-state index is 11.8. The molecule has 0 fully saturated rings. The van der Waals surface area contributed by atoms with Crippen molar-refractivity contribution in [3.8, 4) is 0 Å². The van der Waals surface area contributed by atoms with Crippen LogP contribution in [-0.2, 0) is 16.1 Å². The van der Waals surface area contributed by atoms with Gasteiger partial charge in [-0.05, 0) is 54.8 Å². The Kier molecular flexibility index (Phi) is 5.77. The standard InChI is InChI=1S/C18H18ClNO3/c1-12-3-4-14(9-13(12)2)10-20-17(21)11-23-18(22)15-5-7-16(19)8-6-15/h3-9H,10-11H2,1-2H3,(H,20,21). The number of halogens is 1. The monoisotopic (exact) mass is 331 g/mol. The van der Waals surface area contributed by atoms with Crippen LogP contribution in [0.5, 0.6) is 0 Å². The highest BCUT2D eigenvalue weighted by molar-refractivity contribution is 6.30. The highest BCUT2D eigenvalue weighted by Crippen LogP contribution is 2.11. The molecule has 0 aromatic heterocycles. The Labute approximate surface area is 140 Å². The lowest BCUT2D eigenvalue weighted by Crippen LogP contribution is -2.28. The minimum absolute atomic E-state index is 0.313. The molecule has 0 aliphatic carbocycles. The first-order valence-electron chi connectivity index (χ1n) is 7.21. The Morgan fingerprint density at radius 3 is 2.39 bits per heavy atom. The van der Waals surface area contributed by atoms with Crippen molar-refractivity contribution in [3.05, 3.63) is 69.7 Å². The van der Waals surface area contributed by atoms with Crippen molar-refractivity contribution in [2.45, 2.75) is 20.4 Å². The molecule has 0 heterocycles. The lowest BCUT2D eigenvalue weighted by molar-refractivity contribution is -0.124. The van der Waals surface area contributed by atoms with E-state index in [2.05, 4.69) is 5.32 Å². The molecular formula is C18H18ClNO3. The molecule has 0 saturated heterocycles. The molecule has 120 valence electrons. The number of amides is 1. The highest BCUT2D eigenvalue weighted by Gasteiger charge is 2.10. The van der Waals surface area contributed by atoms with Gasteiger partial charge in [-0.25, -0.2) is 4.79 Å². The van der Waals surface area contributed by atoms with Gasteiger partial charge in [-0.3, -0.25) is 4.79 Å². The largest absolute Gasteiger partial charge is 0.452 e. The molecule has 0 saturated carbocycles. The number of benzene rings is 2. The number of carbonyl (C=O) groups excluding carboxylic acids is 2. The van der Waals surface area contributed by atoms with Crippen LogP contribution in [0.25, 0.3) is 0 Å². The van der Waals surface area contributed by atoms with Crippen molar-refractivity contribution < 1.29 is 14.3 Å². The second kappa shape index (κ2) is 7.79. The number of aryl methyl sites for hydroxylation is 2. The van der Waals surface area contributed by atoms with Gasteiger partial charge in [0.1, 0.15) is 0 Å². The Bertz CT molecular complexity index is 711. The number of ether oxygens (including phenoxy) is 1. The van der Waals surface area contributed by atoms with Crippen LogP contribution in [0.15, 0.2) is 42.5 Å². The molecule has 5 heteroatoms. The van der Waals surface area contributed by atoms with Crippen LogP contribution < -0.4 is 5.32 Å². The fourth-order valence-electron chi connectivity index (χ4n) is 1.97. The lowest BCUT2D eigenvalue weighted by atomic mass is 10.1. The van der Waals surface area contributed by atoms with Gasteiger partial charge in [0.05, 0.1) is 5.56 Å². The molecule has 1 amide bonds. The van der Waals surface area contributed by atoms with Crippen LogP contribution >= 0.6 is 11.6 Å². The maximum Gasteiger partial charge on any atom is 0.338 e. The predicted molar refractivity (Wildman–Crippen MR) is 89.5 cm³/mol. The van der Waals surface area contributed by atoms with Gasteiger partial charge in [-0.2, -0.15) is 0 Å². The Hall–Kier alpha value is -2.33. The number of rotatable bonds is 5. The van der Waals surface area contributed by atoms with E-state index in [0.29, 0.717) is 17.1 Å². The van der Waals surface area contributed by atoms with E-state index in [4.69, 9.17) is 16.3 Å². The van der Waals surface area contributed by atoms with E-state index in [0.717, 1.165) is 5.56 Å². The van der Waals surface area contributed by atoms with Crippen LogP contribution in [0.2, 0.25) is 5.02 Å². The van der Waals surface area contributed by atoms with Crippen molar-refractivity contribution in [2.75, 3.05) is 6.61 Å². The molecule has 0 bridgehead atoms. The molecule has 23 heavy (non-hydrogen) atoms. The summed E-state index contributed by atoms with van der Waals surface area (Å²) in [5.74, 6) is -0.895. The molecule has 0 atom stereocenters. The van der Waals surface area contributed by atoms with Crippen LogP contribution in [0, 0.1) is 13.8 Å². The van der Waals surface area contributed by atoms with Crippen molar-refractivity contribution in [2.24, 2.45) is 0 Å². The molecule has 0 aliphatic rings. The van der Waals surface area contributed by atoms with Gasteiger partial charge in [0.25, 0.3) is 5.91 Å². The highest BCUT2D eigenvalue weighted by atomic mass is 35.5. The predicted octanol–water partition coefficient (Wildman–Crippen LogP) is 3.43. The average molecular weight is 332 g/mol. The SMILES string of the molecule is Cc1ccc(CNC(=O)COC(=O)c2ccc(Cl)cc2)cc1C. The lowest BCUT2D eigenvalue weighted by Gasteiger charge is -2.08. The van der Waals surface area contributed by atoms with E-state index < -0.39 is 5.97 Å². The van der Waals surface area contributed by atoms with E-state index in [9.17, 15) is 9.59 Å². The summed E-state index contributed by atoms with van der Waals surface area (Å²) < 4.78 is 4.97. The first-order chi connectivity index (χ1) is 11.0. The summed E-state index contributed by atoms with van der Waals surface area (Å²) >= 11 is 5.75. The van der Waals surface area contributed by atoms with Crippen molar-refractivity contribution in [1.82, 2.24) is 5.32 Å². The second-order valence-electron chi connectivity index (χ2n) is 5.28. The minimum Gasteiger partial charge on any atom is -0.452 e. The van der Waals surface area contributed by atoms with Crippen molar-refractivity contribution in [1.29, 1.82) is 0 Å².